The van der Waals surface area contributed by atoms with E-state index in [-0.39, 0.29) is 36.7 Å². The smallest absolute Gasteiger partial charge is 0.307 e. The molecule has 10 heteroatoms. The van der Waals surface area contributed by atoms with Crippen LogP contribution in [0.2, 0.25) is 0 Å². The van der Waals surface area contributed by atoms with Crippen LogP contribution < -0.4 is 0 Å². The molecule has 0 N–H and O–H groups in total. The third kappa shape index (κ3) is 12.0. The summed E-state index contributed by atoms with van der Waals surface area (Å²) in [5, 5.41) is 12.0. The van der Waals surface area contributed by atoms with Gasteiger partial charge < -0.3 is 9.47 Å². The lowest BCUT2D eigenvalue weighted by Gasteiger charge is -2.19. The van der Waals surface area contributed by atoms with Gasteiger partial charge in [-0.3, -0.25) is 9.59 Å². The fourth-order valence-electron chi connectivity index (χ4n) is 2.07. The first kappa shape index (κ1) is 24.7. The maximum atomic E-state index is 12.2. The lowest BCUT2D eigenvalue weighted by molar-refractivity contribution is -0.147. The summed E-state index contributed by atoms with van der Waals surface area (Å²) in [4.78, 5) is 26.8. The molecule has 1 aromatic rings. The van der Waals surface area contributed by atoms with Crippen molar-refractivity contribution >= 4 is 39.2 Å². The van der Waals surface area contributed by atoms with Crippen molar-refractivity contribution in [2.45, 2.75) is 45.0 Å². The summed E-state index contributed by atoms with van der Waals surface area (Å²) in [6.07, 6.45) is 0.130. The first-order valence-corrected chi connectivity index (χ1v) is 11.2. The van der Waals surface area contributed by atoms with Crippen molar-refractivity contribution in [3.8, 4) is 6.07 Å². The normalized spacial score (nSPS) is 11.7. The molecular formula is C19H24N4O4S2. The average molecular weight is 437 g/mol. The maximum absolute atomic E-state index is 12.2. The minimum atomic E-state index is -0.501. The second-order valence-electron chi connectivity index (χ2n) is 7.09. The van der Waals surface area contributed by atoms with Gasteiger partial charge >= 0.3 is 11.9 Å². The first-order valence-electron chi connectivity index (χ1n) is 8.86. The number of hydrogen-bond donors (Lipinski definition) is 0. The van der Waals surface area contributed by atoms with Gasteiger partial charge in [0, 0.05) is 33.9 Å². The predicted molar refractivity (Wildman–Crippen MR) is 114 cm³/mol. The Kier molecular flexibility index (Phi) is 11.1. The van der Waals surface area contributed by atoms with Crippen LogP contribution in [0.4, 0.5) is 5.69 Å². The summed E-state index contributed by atoms with van der Waals surface area (Å²) < 4.78 is 10.2. The number of carbonyl (C=O) groups is 2. The zero-order chi connectivity index (χ0) is 21.7. The maximum Gasteiger partial charge on any atom is 0.307 e. The molecule has 0 aliphatic carbocycles. The van der Waals surface area contributed by atoms with E-state index in [1.165, 1.54) is 0 Å². The van der Waals surface area contributed by atoms with E-state index in [0.29, 0.717) is 11.4 Å². The number of rotatable bonds is 11. The molecule has 0 fully saturated rings. The average Bonchev–Trinajstić information content (AvgIpc) is 2.65. The lowest BCUT2D eigenvalue weighted by atomic mass is 10.0. The Labute approximate surface area is 178 Å². The molecule has 0 saturated heterocycles. The van der Waals surface area contributed by atoms with E-state index in [2.05, 4.69) is 30.8 Å². The van der Waals surface area contributed by atoms with Crippen molar-refractivity contribution in [2.75, 3.05) is 12.4 Å². The van der Waals surface area contributed by atoms with E-state index in [9.17, 15) is 9.59 Å². The van der Waals surface area contributed by atoms with Crippen LogP contribution >= 0.6 is 21.6 Å². The molecule has 0 unspecified atom stereocenters. The molecule has 1 aromatic carbocycles. The highest BCUT2D eigenvalue weighted by Gasteiger charge is 2.21. The van der Waals surface area contributed by atoms with Crippen LogP contribution in [0.5, 0.6) is 0 Å². The van der Waals surface area contributed by atoms with Gasteiger partial charge in [0.2, 0.25) is 0 Å². The second-order valence-corrected chi connectivity index (χ2v) is 10.3. The van der Waals surface area contributed by atoms with Gasteiger partial charge in [0.25, 0.3) is 0 Å². The van der Waals surface area contributed by atoms with Gasteiger partial charge in [-0.2, -0.15) is 5.26 Å². The third-order valence-electron chi connectivity index (χ3n) is 3.32. The molecule has 29 heavy (non-hydrogen) atoms. The molecule has 1 rings (SSSR count). The quantitative estimate of drug-likeness (QED) is 0.151. The van der Waals surface area contributed by atoms with Crippen molar-refractivity contribution < 1.29 is 19.1 Å². The minimum absolute atomic E-state index is 0.0509. The molecule has 0 heterocycles. The zero-order valence-electron chi connectivity index (χ0n) is 16.7. The molecule has 0 radical (unpaired) electrons. The number of nitrogens with zero attached hydrogens (tertiary/aromatic N) is 4. The standard InChI is InChI=1S/C19H24N4O4S2/c1-19(2,3)29-28-13-15(10-17(24)26-9-8-20)11-18(25)27-12-14-4-6-16(7-5-14)22-23-21/h4-7,15H,9-13H2,1-3H3/t15-/m0/s1. The minimum Gasteiger partial charge on any atom is -0.461 e. The van der Waals surface area contributed by atoms with Crippen molar-refractivity contribution in [3.63, 3.8) is 0 Å². The van der Waals surface area contributed by atoms with E-state index in [1.54, 1.807) is 51.9 Å². The predicted octanol–water partition coefficient (Wildman–Crippen LogP) is 5.31. The van der Waals surface area contributed by atoms with Gasteiger partial charge in [0.1, 0.15) is 12.7 Å². The molecule has 0 bridgehead atoms. The summed E-state index contributed by atoms with van der Waals surface area (Å²) in [6, 6.07) is 8.45. The number of hydrogen-bond acceptors (Lipinski definition) is 8. The fraction of sp³-hybridized carbons (Fsp3) is 0.526. The monoisotopic (exact) mass is 436 g/mol. The van der Waals surface area contributed by atoms with Crippen LogP contribution in [0.15, 0.2) is 29.4 Å². The van der Waals surface area contributed by atoms with Crippen LogP contribution in [0.3, 0.4) is 0 Å². The van der Waals surface area contributed by atoms with Crippen LogP contribution in [0.1, 0.15) is 39.2 Å². The lowest BCUT2D eigenvalue weighted by Crippen LogP contribution is -2.19. The van der Waals surface area contributed by atoms with Gasteiger partial charge in [0.05, 0.1) is 0 Å². The number of benzene rings is 1. The molecule has 0 amide bonds. The van der Waals surface area contributed by atoms with Gasteiger partial charge in [-0.25, -0.2) is 0 Å². The molecule has 156 valence electrons. The molecule has 0 spiro atoms. The van der Waals surface area contributed by atoms with Crippen LogP contribution in [0, 0.1) is 17.2 Å². The van der Waals surface area contributed by atoms with Crippen molar-refractivity contribution in [2.24, 2.45) is 11.0 Å². The van der Waals surface area contributed by atoms with Crippen molar-refractivity contribution in [1.82, 2.24) is 0 Å². The van der Waals surface area contributed by atoms with E-state index >= 15 is 0 Å². The first-order chi connectivity index (χ1) is 13.7. The Hall–Kier alpha value is -2.34. The summed E-state index contributed by atoms with van der Waals surface area (Å²) >= 11 is 0. The largest absolute Gasteiger partial charge is 0.461 e. The highest BCUT2D eigenvalue weighted by molar-refractivity contribution is 8.77. The highest BCUT2D eigenvalue weighted by atomic mass is 33.1. The number of carbonyl (C=O) groups excluding carboxylic acids is 2. The van der Waals surface area contributed by atoms with E-state index in [1.807, 2.05) is 0 Å². The third-order valence-corrected chi connectivity index (χ3v) is 6.80. The van der Waals surface area contributed by atoms with Crippen LogP contribution in [-0.2, 0) is 25.7 Å². The van der Waals surface area contributed by atoms with Crippen molar-refractivity contribution in [3.05, 3.63) is 40.3 Å². The molecular weight excluding hydrogens is 412 g/mol. The molecule has 8 nitrogen and oxygen atoms in total. The second kappa shape index (κ2) is 13.0. The Balaban J connectivity index is 2.57. The Morgan fingerprint density at radius 1 is 1.21 bits per heavy atom. The summed E-state index contributed by atoms with van der Waals surface area (Å²) in [6.45, 7) is 6.05. The number of azide groups is 1. The van der Waals surface area contributed by atoms with E-state index < -0.39 is 11.9 Å². The Morgan fingerprint density at radius 2 is 1.83 bits per heavy atom. The van der Waals surface area contributed by atoms with E-state index in [0.717, 1.165) is 5.56 Å². The Morgan fingerprint density at radius 3 is 2.38 bits per heavy atom. The summed E-state index contributed by atoms with van der Waals surface area (Å²) in [7, 11) is 3.27. The molecule has 0 saturated carbocycles. The number of ether oxygens (including phenoxy) is 2. The van der Waals surface area contributed by atoms with E-state index in [4.69, 9.17) is 20.3 Å². The Bertz CT molecular complexity index is 766. The summed E-state index contributed by atoms with van der Waals surface area (Å²) in [5.41, 5.74) is 9.64. The topological polar surface area (TPSA) is 125 Å². The molecule has 0 aliphatic heterocycles. The zero-order valence-corrected chi connectivity index (χ0v) is 18.3. The summed E-state index contributed by atoms with van der Waals surface area (Å²) in [5.74, 6) is -0.580. The van der Waals surface area contributed by atoms with Crippen LogP contribution in [0.25, 0.3) is 10.4 Å². The highest BCUT2D eigenvalue weighted by Crippen LogP contribution is 2.37. The van der Waals surface area contributed by atoms with Crippen molar-refractivity contribution in [1.29, 1.82) is 5.26 Å². The SMILES string of the molecule is CC(C)(C)SSC[C@@H](CC(=O)OCC#N)CC(=O)OCc1ccc(N=[N+]=[N-])cc1. The van der Waals surface area contributed by atoms with Gasteiger partial charge in [-0.15, -0.1) is 0 Å². The van der Waals surface area contributed by atoms with Gasteiger partial charge in [0.15, 0.2) is 6.61 Å². The molecule has 1 atom stereocenters. The van der Waals surface area contributed by atoms with Crippen LogP contribution in [-0.4, -0.2) is 29.0 Å². The number of nitriles is 1. The van der Waals surface area contributed by atoms with Gasteiger partial charge in [-0.1, -0.05) is 71.7 Å². The molecule has 0 aliphatic rings. The van der Waals surface area contributed by atoms with Gasteiger partial charge in [-0.05, 0) is 17.0 Å². The number of esters is 2. The fourth-order valence-corrected chi connectivity index (χ4v) is 4.77. The molecule has 0 aromatic heterocycles.